The topological polar surface area (TPSA) is 79.2 Å². The highest BCUT2D eigenvalue weighted by Gasteiger charge is 2.16. The standard InChI is InChI=1S/C17H24N4O2/c1-12(2)16(7-8-22)20-17(23)13-5-4-6-14(9-13)19-15-10-18-21(3)11-15/h4-6,9-12,16,19,22H,7-8H2,1-3H3,(H,20,23). The van der Waals surface area contributed by atoms with E-state index in [1.54, 1.807) is 23.0 Å². The summed E-state index contributed by atoms with van der Waals surface area (Å²) in [5.41, 5.74) is 2.28. The lowest BCUT2D eigenvalue weighted by atomic mass is 10.0. The van der Waals surface area contributed by atoms with Crippen LogP contribution < -0.4 is 10.6 Å². The molecule has 1 aromatic carbocycles. The largest absolute Gasteiger partial charge is 0.396 e. The first kappa shape index (κ1) is 17.0. The number of nitrogens with one attached hydrogen (secondary N) is 2. The summed E-state index contributed by atoms with van der Waals surface area (Å²) in [5.74, 6) is 0.134. The number of anilines is 2. The lowest BCUT2D eigenvalue weighted by Gasteiger charge is -2.21. The first-order valence-corrected chi connectivity index (χ1v) is 7.77. The number of rotatable bonds is 7. The Balaban J connectivity index is 2.07. The SMILES string of the molecule is CC(C)C(CCO)NC(=O)c1cccc(Nc2cnn(C)c2)c1. The Morgan fingerprint density at radius 2 is 2.13 bits per heavy atom. The zero-order valence-corrected chi connectivity index (χ0v) is 13.8. The van der Waals surface area contributed by atoms with E-state index >= 15 is 0 Å². The molecule has 0 bridgehead atoms. The number of benzene rings is 1. The molecule has 6 heteroatoms. The van der Waals surface area contributed by atoms with E-state index in [1.807, 2.05) is 39.2 Å². The number of aryl methyl sites for hydroxylation is 1. The number of carbonyl (C=O) groups excluding carboxylic acids is 1. The van der Waals surface area contributed by atoms with Crippen LogP contribution in [-0.2, 0) is 7.05 Å². The van der Waals surface area contributed by atoms with Crippen LogP contribution in [0.3, 0.4) is 0 Å². The molecule has 1 heterocycles. The minimum absolute atomic E-state index is 0.0394. The summed E-state index contributed by atoms with van der Waals surface area (Å²) < 4.78 is 1.71. The van der Waals surface area contributed by atoms with Crippen LogP contribution in [0.15, 0.2) is 36.7 Å². The second-order valence-corrected chi connectivity index (χ2v) is 5.94. The number of carbonyl (C=O) groups is 1. The number of hydrogen-bond acceptors (Lipinski definition) is 4. The quantitative estimate of drug-likeness (QED) is 0.732. The Bertz CT molecular complexity index is 652. The lowest BCUT2D eigenvalue weighted by Crippen LogP contribution is -2.39. The van der Waals surface area contributed by atoms with Gasteiger partial charge < -0.3 is 15.7 Å². The Morgan fingerprint density at radius 3 is 2.74 bits per heavy atom. The van der Waals surface area contributed by atoms with E-state index in [1.165, 1.54) is 0 Å². The van der Waals surface area contributed by atoms with Crippen molar-refractivity contribution in [2.75, 3.05) is 11.9 Å². The maximum atomic E-state index is 12.4. The molecular formula is C17H24N4O2. The molecule has 124 valence electrons. The summed E-state index contributed by atoms with van der Waals surface area (Å²) in [6.07, 6.45) is 4.14. The van der Waals surface area contributed by atoms with Gasteiger partial charge in [-0.3, -0.25) is 9.48 Å². The van der Waals surface area contributed by atoms with Crippen molar-refractivity contribution in [3.05, 3.63) is 42.2 Å². The first-order chi connectivity index (χ1) is 11.0. The summed E-state index contributed by atoms with van der Waals surface area (Å²) in [6.45, 7) is 4.12. The maximum Gasteiger partial charge on any atom is 0.251 e. The average Bonchev–Trinajstić information content (AvgIpc) is 2.92. The van der Waals surface area contributed by atoms with Gasteiger partial charge >= 0.3 is 0 Å². The molecule has 2 aromatic rings. The van der Waals surface area contributed by atoms with Gasteiger partial charge in [0.05, 0.1) is 11.9 Å². The van der Waals surface area contributed by atoms with Gasteiger partial charge in [0.1, 0.15) is 0 Å². The fourth-order valence-corrected chi connectivity index (χ4v) is 2.35. The van der Waals surface area contributed by atoms with Crippen LogP contribution in [-0.4, -0.2) is 33.4 Å². The van der Waals surface area contributed by atoms with Gasteiger partial charge in [0, 0.05) is 37.1 Å². The van der Waals surface area contributed by atoms with Gasteiger partial charge in [-0.1, -0.05) is 19.9 Å². The van der Waals surface area contributed by atoms with Crippen molar-refractivity contribution in [2.45, 2.75) is 26.3 Å². The number of aromatic nitrogens is 2. The summed E-state index contributed by atoms with van der Waals surface area (Å²) in [4.78, 5) is 12.4. The highest BCUT2D eigenvalue weighted by atomic mass is 16.3. The summed E-state index contributed by atoms with van der Waals surface area (Å²) in [6, 6.07) is 7.28. The predicted octanol–water partition coefficient (Wildman–Crippen LogP) is 2.30. The Hall–Kier alpha value is -2.34. The van der Waals surface area contributed by atoms with Crippen molar-refractivity contribution in [1.29, 1.82) is 0 Å². The number of aliphatic hydroxyl groups excluding tert-OH is 1. The fourth-order valence-electron chi connectivity index (χ4n) is 2.35. The van der Waals surface area contributed by atoms with E-state index in [0.29, 0.717) is 12.0 Å². The zero-order chi connectivity index (χ0) is 16.8. The van der Waals surface area contributed by atoms with Crippen LogP contribution in [0.5, 0.6) is 0 Å². The molecule has 6 nitrogen and oxygen atoms in total. The maximum absolute atomic E-state index is 12.4. The molecule has 0 aliphatic carbocycles. The molecule has 3 N–H and O–H groups in total. The molecule has 1 aromatic heterocycles. The Labute approximate surface area is 136 Å². The molecule has 1 unspecified atom stereocenters. The van der Waals surface area contributed by atoms with E-state index in [2.05, 4.69) is 15.7 Å². The van der Waals surface area contributed by atoms with Gasteiger partial charge in [0.15, 0.2) is 0 Å². The van der Waals surface area contributed by atoms with E-state index < -0.39 is 0 Å². The molecule has 0 saturated heterocycles. The second-order valence-electron chi connectivity index (χ2n) is 5.94. The van der Waals surface area contributed by atoms with Crippen LogP contribution in [0.1, 0.15) is 30.6 Å². The van der Waals surface area contributed by atoms with Crippen LogP contribution >= 0.6 is 0 Å². The number of hydrogen-bond donors (Lipinski definition) is 3. The molecule has 1 amide bonds. The Kier molecular flexibility index (Phi) is 5.76. The van der Waals surface area contributed by atoms with Crippen molar-refractivity contribution in [1.82, 2.24) is 15.1 Å². The number of amides is 1. The fraction of sp³-hybridized carbons (Fsp3) is 0.412. The van der Waals surface area contributed by atoms with E-state index in [-0.39, 0.29) is 24.5 Å². The van der Waals surface area contributed by atoms with E-state index in [0.717, 1.165) is 11.4 Å². The molecule has 0 saturated carbocycles. The molecule has 0 aliphatic heterocycles. The van der Waals surface area contributed by atoms with Crippen molar-refractivity contribution in [3.63, 3.8) is 0 Å². The van der Waals surface area contributed by atoms with Gasteiger partial charge in [0.2, 0.25) is 0 Å². The monoisotopic (exact) mass is 316 g/mol. The Morgan fingerprint density at radius 1 is 1.35 bits per heavy atom. The number of nitrogens with zero attached hydrogens (tertiary/aromatic N) is 2. The van der Waals surface area contributed by atoms with Crippen LogP contribution in [0.4, 0.5) is 11.4 Å². The third-order valence-electron chi connectivity index (χ3n) is 3.68. The van der Waals surface area contributed by atoms with Gasteiger partial charge in [-0.2, -0.15) is 5.10 Å². The average molecular weight is 316 g/mol. The second kappa shape index (κ2) is 7.78. The third kappa shape index (κ3) is 4.82. The zero-order valence-electron chi connectivity index (χ0n) is 13.8. The van der Waals surface area contributed by atoms with Crippen LogP contribution in [0, 0.1) is 5.92 Å². The predicted molar refractivity (Wildman–Crippen MR) is 90.7 cm³/mol. The summed E-state index contributed by atoms with van der Waals surface area (Å²) in [5, 5.41) is 19.4. The third-order valence-corrected chi connectivity index (χ3v) is 3.68. The molecule has 23 heavy (non-hydrogen) atoms. The number of aliphatic hydroxyl groups is 1. The normalized spacial score (nSPS) is 12.2. The van der Waals surface area contributed by atoms with Crippen LogP contribution in [0.2, 0.25) is 0 Å². The molecule has 0 aliphatic rings. The highest BCUT2D eigenvalue weighted by Crippen LogP contribution is 2.17. The molecule has 1 atom stereocenters. The van der Waals surface area contributed by atoms with Crippen molar-refractivity contribution < 1.29 is 9.90 Å². The van der Waals surface area contributed by atoms with E-state index in [4.69, 9.17) is 5.11 Å². The molecule has 2 rings (SSSR count). The molecule has 0 spiro atoms. The van der Waals surface area contributed by atoms with Crippen molar-refractivity contribution >= 4 is 17.3 Å². The van der Waals surface area contributed by atoms with Crippen LogP contribution in [0.25, 0.3) is 0 Å². The molecule has 0 radical (unpaired) electrons. The summed E-state index contributed by atoms with van der Waals surface area (Å²) in [7, 11) is 1.85. The lowest BCUT2D eigenvalue weighted by molar-refractivity contribution is 0.0916. The molecule has 0 fully saturated rings. The van der Waals surface area contributed by atoms with Crippen molar-refractivity contribution in [2.24, 2.45) is 13.0 Å². The minimum Gasteiger partial charge on any atom is -0.396 e. The minimum atomic E-state index is -0.132. The first-order valence-electron chi connectivity index (χ1n) is 7.77. The van der Waals surface area contributed by atoms with Gasteiger partial charge in [0.25, 0.3) is 5.91 Å². The van der Waals surface area contributed by atoms with E-state index in [9.17, 15) is 4.79 Å². The van der Waals surface area contributed by atoms with Gasteiger partial charge in [-0.25, -0.2) is 0 Å². The van der Waals surface area contributed by atoms with Gasteiger partial charge in [-0.15, -0.1) is 0 Å². The van der Waals surface area contributed by atoms with Gasteiger partial charge in [-0.05, 0) is 30.5 Å². The van der Waals surface area contributed by atoms with Crippen molar-refractivity contribution in [3.8, 4) is 0 Å². The summed E-state index contributed by atoms with van der Waals surface area (Å²) >= 11 is 0. The highest BCUT2D eigenvalue weighted by molar-refractivity contribution is 5.95. The smallest absolute Gasteiger partial charge is 0.251 e. The molecular weight excluding hydrogens is 292 g/mol.